The Kier molecular flexibility index (Phi) is 8.32. The molecule has 4 atom stereocenters. The monoisotopic (exact) mass is 551 g/mol. The quantitative estimate of drug-likeness (QED) is 0.370. The predicted molar refractivity (Wildman–Crippen MR) is 136 cm³/mol. The van der Waals surface area contributed by atoms with Crippen molar-refractivity contribution in [3.05, 3.63) is 53.1 Å². The number of nitrogens with zero attached hydrogens (tertiary/aromatic N) is 5. The van der Waals surface area contributed by atoms with Gasteiger partial charge in [0.25, 0.3) is 0 Å². The zero-order valence-corrected chi connectivity index (χ0v) is 22.9. The third-order valence-electron chi connectivity index (χ3n) is 6.56. The van der Waals surface area contributed by atoms with Gasteiger partial charge in [-0.1, -0.05) is 17.7 Å². The molecule has 0 amide bonds. The Hall–Kier alpha value is -2.80. The fourth-order valence-corrected chi connectivity index (χ4v) is 6.02. The Morgan fingerprint density at radius 2 is 1.78 bits per heavy atom. The number of halogens is 1. The molecule has 0 unspecified atom stereocenters. The summed E-state index contributed by atoms with van der Waals surface area (Å²) in [7, 11) is 0.641. The molecule has 3 aromatic rings. The molecule has 3 heterocycles. The van der Waals surface area contributed by atoms with Gasteiger partial charge in [0.15, 0.2) is 21.5 Å². The lowest BCUT2D eigenvalue weighted by atomic mass is 10.0. The van der Waals surface area contributed by atoms with Gasteiger partial charge in [0.05, 0.1) is 30.6 Å². The van der Waals surface area contributed by atoms with E-state index in [1.54, 1.807) is 29.7 Å². The third kappa shape index (κ3) is 5.42. The number of benzene rings is 1. The van der Waals surface area contributed by atoms with E-state index < -0.39 is 26.9 Å². The number of sulfone groups is 1. The van der Waals surface area contributed by atoms with E-state index >= 15 is 0 Å². The molecule has 2 aromatic heterocycles. The summed E-state index contributed by atoms with van der Waals surface area (Å²) in [6.45, 7) is 4.09. The summed E-state index contributed by atoms with van der Waals surface area (Å²) < 4.78 is 51.6. The van der Waals surface area contributed by atoms with Crippen LogP contribution in [-0.4, -0.2) is 72.4 Å². The summed E-state index contributed by atoms with van der Waals surface area (Å²) in [4.78, 5) is 8.31. The van der Waals surface area contributed by atoms with Crippen LogP contribution in [0.4, 0.5) is 0 Å². The minimum atomic E-state index is -3.85. The second-order valence-electron chi connectivity index (χ2n) is 8.72. The summed E-state index contributed by atoms with van der Waals surface area (Å²) in [5, 5.41) is 8.12. The number of rotatable bonds is 10. The molecule has 0 N–H and O–H groups in total. The molecule has 200 valence electrons. The van der Waals surface area contributed by atoms with Crippen LogP contribution in [0.1, 0.15) is 49.8 Å². The normalized spacial score (nSPS) is 19.5. The summed E-state index contributed by atoms with van der Waals surface area (Å²) in [6.07, 6.45) is 2.49. The fraction of sp³-hybridized carbons (Fsp3) is 0.500. The first-order chi connectivity index (χ1) is 17.7. The second kappa shape index (κ2) is 11.3. The first kappa shape index (κ1) is 27.2. The first-order valence-corrected chi connectivity index (χ1v) is 13.8. The molecule has 1 aromatic carbocycles. The Morgan fingerprint density at radius 3 is 2.32 bits per heavy atom. The van der Waals surface area contributed by atoms with Crippen LogP contribution >= 0.6 is 11.6 Å². The van der Waals surface area contributed by atoms with Gasteiger partial charge in [-0.25, -0.2) is 18.4 Å². The number of aromatic nitrogens is 5. The number of hydrogen-bond acceptors (Lipinski definition) is 10. The molecule has 37 heavy (non-hydrogen) atoms. The highest BCUT2D eigenvalue weighted by atomic mass is 35.5. The van der Waals surface area contributed by atoms with Crippen molar-refractivity contribution in [1.82, 2.24) is 24.7 Å². The van der Waals surface area contributed by atoms with Crippen LogP contribution in [0.15, 0.2) is 30.6 Å². The molecule has 0 spiro atoms. The lowest BCUT2D eigenvalue weighted by Crippen LogP contribution is -2.30. The Balaban J connectivity index is 1.80. The van der Waals surface area contributed by atoms with Crippen molar-refractivity contribution < 1.29 is 27.4 Å². The molecule has 0 saturated carbocycles. The summed E-state index contributed by atoms with van der Waals surface area (Å²) >= 11 is 5.90. The number of methoxy groups -OCH3 is 3. The van der Waals surface area contributed by atoms with Gasteiger partial charge in [-0.2, -0.15) is 0 Å². The largest absolute Gasteiger partial charge is 0.494 e. The van der Waals surface area contributed by atoms with Crippen molar-refractivity contribution in [3.63, 3.8) is 0 Å². The number of hydrogen-bond donors (Lipinski definition) is 0. The van der Waals surface area contributed by atoms with Gasteiger partial charge < -0.3 is 18.9 Å². The van der Waals surface area contributed by atoms with Gasteiger partial charge in [-0.15, -0.1) is 10.2 Å². The highest BCUT2D eigenvalue weighted by molar-refractivity contribution is 7.91. The molecular weight excluding hydrogens is 522 g/mol. The molecule has 13 heteroatoms. The molecule has 1 saturated heterocycles. The highest BCUT2D eigenvalue weighted by Crippen LogP contribution is 2.39. The highest BCUT2D eigenvalue weighted by Gasteiger charge is 2.37. The van der Waals surface area contributed by atoms with Crippen molar-refractivity contribution in [2.45, 2.75) is 49.4 Å². The number of ether oxygens (including phenoxy) is 4. The van der Waals surface area contributed by atoms with E-state index in [9.17, 15) is 8.42 Å². The van der Waals surface area contributed by atoms with Gasteiger partial charge in [-0.05, 0) is 32.4 Å². The first-order valence-electron chi connectivity index (χ1n) is 11.7. The zero-order chi connectivity index (χ0) is 26.7. The third-order valence-corrected chi connectivity index (χ3v) is 8.80. The SMILES string of the molecule is COc1cccc(OC)c1-n1c(CS(=O)(=O)[C@@H](C)[C@H](OC)c2ncc(Cl)cn2)nnc1[C@@H]1CCO[C@H]1C. The minimum Gasteiger partial charge on any atom is -0.494 e. The van der Waals surface area contributed by atoms with E-state index in [1.807, 2.05) is 6.92 Å². The van der Waals surface area contributed by atoms with Gasteiger partial charge in [-0.3, -0.25) is 4.57 Å². The molecule has 0 bridgehead atoms. The molecule has 0 aliphatic carbocycles. The van der Waals surface area contributed by atoms with E-state index in [4.69, 9.17) is 30.5 Å². The molecule has 4 rings (SSSR count). The predicted octanol–water partition coefficient (Wildman–Crippen LogP) is 3.31. The van der Waals surface area contributed by atoms with E-state index in [0.717, 1.165) is 6.42 Å². The van der Waals surface area contributed by atoms with Gasteiger partial charge in [0, 0.05) is 32.0 Å². The summed E-state index contributed by atoms with van der Waals surface area (Å²) in [5.74, 6) is 1.48. The van der Waals surface area contributed by atoms with Crippen LogP contribution < -0.4 is 9.47 Å². The zero-order valence-electron chi connectivity index (χ0n) is 21.3. The van der Waals surface area contributed by atoms with E-state index in [-0.39, 0.29) is 23.7 Å². The molecular formula is C24H30ClN5O6S. The van der Waals surface area contributed by atoms with Crippen LogP contribution in [0.2, 0.25) is 5.02 Å². The Labute approximate surface area is 221 Å². The van der Waals surface area contributed by atoms with Gasteiger partial charge in [0.1, 0.15) is 34.9 Å². The Morgan fingerprint density at radius 1 is 1.14 bits per heavy atom. The molecule has 1 aliphatic rings. The van der Waals surface area contributed by atoms with Crippen molar-refractivity contribution in [1.29, 1.82) is 0 Å². The van der Waals surface area contributed by atoms with E-state index in [0.29, 0.717) is 34.6 Å². The average molecular weight is 552 g/mol. The van der Waals surface area contributed by atoms with Crippen LogP contribution in [0.25, 0.3) is 5.69 Å². The fourth-order valence-electron chi connectivity index (χ4n) is 4.51. The van der Waals surface area contributed by atoms with Crippen molar-refractivity contribution in [2.75, 3.05) is 27.9 Å². The summed E-state index contributed by atoms with van der Waals surface area (Å²) in [6, 6.07) is 5.34. The van der Waals surface area contributed by atoms with Crippen LogP contribution in [-0.2, 0) is 25.1 Å². The molecule has 0 radical (unpaired) electrons. The smallest absolute Gasteiger partial charge is 0.163 e. The number of para-hydroxylation sites is 1. The molecule has 1 fully saturated rings. The standard InChI is InChI=1S/C24H30ClN5O6S/c1-14-17(9-10-36-14)24-29-28-20(30(24)21-18(33-3)7-6-8-19(21)34-4)13-37(31,32)15(2)22(35-5)23-26-11-16(25)12-27-23/h6-8,11-12,14-15,17,22H,9-10,13H2,1-5H3/t14-,15-,17+,22-/m0/s1. The van der Waals surface area contributed by atoms with Crippen LogP contribution in [0.3, 0.4) is 0 Å². The van der Waals surface area contributed by atoms with Crippen molar-refractivity contribution >= 4 is 21.4 Å². The molecule has 11 nitrogen and oxygen atoms in total. The van der Waals surface area contributed by atoms with E-state index in [1.165, 1.54) is 33.7 Å². The molecule has 1 aliphatic heterocycles. The van der Waals surface area contributed by atoms with Crippen molar-refractivity contribution in [2.24, 2.45) is 0 Å². The average Bonchev–Trinajstić information content (AvgIpc) is 3.49. The minimum absolute atomic E-state index is 0.0924. The maximum absolute atomic E-state index is 13.7. The lowest BCUT2D eigenvalue weighted by molar-refractivity contribution is 0.0948. The van der Waals surface area contributed by atoms with Gasteiger partial charge in [0.2, 0.25) is 0 Å². The maximum atomic E-state index is 13.7. The van der Waals surface area contributed by atoms with E-state index in [2.05, 4.69) is 20.2 Å². The van der Waals surface area contributed by atoms with Crippen LogP contribution in [0.5, 0.6) is 11.5 Å². The second-order valence-corrected chi connectivity index (χ2v) is 11.5. The van der Waals surface area contributed by atoms with Crippen LogP contribution in [0, 0.1) is 0 Å². The van der Waals surface area contributed by atoms with Gasteiger partial charge >= 0.3 is 0 Å². The topological polar surface area (TPSA) is 128 Å². The summed E-state index contributed by atoms with van der Waals surface area (Å²) in [5.41, 5.74) is 0.522. The van der Waals surface area contributed by atoms with Crippen molar-refractivity contribution in [3.8, 4) is 17.2 Å². The Bertz CT molecular complexity index is 1310. The maximum Gasteiger partial charge on any atom is 0.163 e. The lowest BCUT2D eigenvalue weighted by Gasteiger charge is -2.23.